The topological polar surface area (TPSA) is 29.5 Å². The summed E-state index contributed by atoms with van der Waals surface area (Å²) in [6, 6.07) is 10.4. The summed E-state index contributed by atoms with van der Waals surface area (Å²) in [5, 5.41) is 0. The first-order chi connectivity index (χ1) is 8.65. The summed E-state index contributed by atoms with van der Waals surface area (Å²) in [7, 11) is 0. The molecule has 2 unspecified atom stereocenters. The van der Waals surface area contributed by atoms with Crippen molar-refractivity contribution in [3.05, 3.63) is 35.9 Å². The number of ether oxygens (including phenoxy) is 1. The molecular formula is C15H19NO2. The van der Waals surface area contributed by atoms with Crippen LogP contribution in [0.15, 0.2) is 30.3 Å². The van der Waals surface area contributed by atoms with E-state index in [0.29, 0.717) is 18.9 Å². The molecule has 3 heteroatoms. The standard InChI is InChI=1S/C15H19NO2/c1-11(2)13-10-18-15(9-8-14(17)16(13)15)12-6-4-3-5-7-12/h3-7,11,13H,8-10H2,1-2H3. The second-order valence-corrected chi connectivity index (χ2v) is 5.54. The van der Waals surface area contributed by atoms with Crippen molar-refractivity contribution >= 4 is 5.91 Å². The van der Waals surface area contributed by atoms with Crippen LogP contribution in [0.2, 0.25) is 0 Å². The van der Waals surface area contributed by atoms with Crippen LogP contribution in [-0.4, -0.2) is 23.5 Å². The van der Waals surface area contributed by atoms with Gasteiger partial charge in [-0.15, -0.1) is 0 Å². The minimum absolute atomic E-state index is 0.209. The van der Waals surface area contributed by atoms with Gasteiger partial charge in [-0.3, -0.25) is 4.79 Å². The second-order valence-electron chi connectivity index (χ2n) is 5.54. The normalized spacial score (nSPS) is 31.2. The second kappa shape index (κ2) is 4.09. The Morgan fingerprint density at radius 1 is 1.33 bits per heavy atom. The van der Waals surface area contributed by atoms with Gasteiger partial charge in [-0.25, -0.2) is 0 Å². The number of nitrogens with zero attached hydrogens (tertiary/aromatic N) is 1. The Labute approximate surface area is 108 Å². The molecule has 2 atom stereocenters. The van der Waals surface area contributed by atoms with Crippen molar-refractivity contribution in [2.45, 2.75) is 38.5 Å². The lowest BCUT2D eigenvalue weighted by atomic mass is 9.98. The molecule has 96 valence electrons. The summed E-state index contributed by atoms with van der Waals surface area (Å²) in [6.07, 6.45) is 1.37. The minimum atomic E-state index is -0.493. The van der Waals surface area contributed by atoms with E-state index in [9.17, 15) is 4.79 Å². The molecule has 0 spiro atoms. The molecule has 0 bridgehead atoms. The number of amides is 1. The lowest BCUT2D eigenvalue weighted by Gasteiger charge is -2.34. The van der Waals surface area contributed by atoms with Gasteiger partial charge in [0.1, 0.15) is 0 Å². The molecule has 18 heavy (non-hydrogen) atoms. The largest absolute Gasteiger partial charge is 0.349 e. The molecule has 3 rings (SSSR count). The van der Waals surface area contributed by atoms with Crippen molar-refractivity contribution in [2.24, 2.45) is 5.92 Å². The minimum Gasteiger partial charge on any atom is -0.349 e. The Hall–Kier alpha value is -1.35. The van der Waals surface area contributed by atoms with Crippen LogP contribution >= 0.6 is 0 Å². The van der Waals surface area contributed by atoms with Gasteiger partial charge in [-0.05, 0) is 5.92 Å². The van der Waals surface area contributed by atoms with Gasteiger partial charge in [-0.2, -0.15) is 0 Å². The van der Waals surface area contributed by atoms with Crippen molar-refractivity contribution in [3.8, 4) is 0 Å². The molecule has 1 aromatic rings. The highest BCUT2D eigenvalue weighted by atomic mass is 16.5. The van der Waals surface area contributed by atoms with Gasteiger partial charge in [0.2, 0.25) is 5.91 Å². The zero-order valence-electron chi connectivity index (χ0n) is 10.9. The number of hydrogen-bond acceptors (Lipinski definition) is 2. The van der Waals surface area contributed by atoms with Crippen LogP contribution in [0.1, 0.15) is 32.3 Å². The highest BCUT2D eigenvalue weighted by molar-refractivity contribution is 5.80. The monoisotopic (exact) mass is 245 g/mol. The summed E-state index contributed by atoms with van der Waals surface area (Å²) < 4.78 is 6.10. The predicted molar refractivity (Wildman–Crippen MR) is 68.8 cm³/mol. The van der Waals surface area contributed by atoms with Crippen molar-refractivity contribution in [3.63, 3.8) is 0 Å². The fraction of sp³-hybridized carbons (Fsp3) is 0.533. The third-order valence-electron chi connectivity index (χ3n) is 4.15. The molecule has 0 aromatic heterocycles. The Bertz CT molecular complexity index is 457. The van der Waals surface area contributed by atoms with Gasteiger partial charge >= 0.3 is 0 Å². The molecule has 3 nitrogen and oxygen atoms in total. The zero-order valence-corrected chi connectivity index (χ0v) is 10.9. The van der Waals surface area contributed by atoms with E-state index in [1.54, 1.807) is 0 Å². The molecule has 0 aliphatic carbocycles. The van der Waals surface area contributed by atoms with Crippen LogP contribution in [0.25, 0.3) is 0 Å². The fourth-order valence-corrected chi connectivity index (χ4v) is 3.17. The van der Waals surface area contributed by atoms with Crippen LogP contribution in [0.4, 0.5) is 0 Å². The molecule has 2 fully saturated rings. The van der Waals surface area contributed by atoms with Gasteiger partial charge in [-0.1, -0.05) is 44.2 Å². The Morgan fingerprint density at radius 3 is 2.72 bits per heavy atom. The summed E-state index contributed by atoms with van der Waals surface area (Å²) >= 11 is 0. The third-order valence-corrected chi connectivity index (χ3v) is 4.15. The van der Waals surface area contributed by atoms with Crippen molar-refractivity contribution in [2.75, 3.05) is 6.61 Å². The summed E-state index contributed by atoms with van der Waals surface area (Å²) in [4.78, 5) is 14.2. The number of carbonyl (C=O) groups excluding carboxylic acids is 1. The number of carbonyl (C=O) groups is 1. The van der Waals surface area contributed by atoms with E-state index >= 15 is 0 Å². The van der Waals surface area contributed by atoms with Crippen molar-refractivity contribution in [1.82, 2.24) is 4.90 Å². The first-order valence-electron chi connectivity index (χ1n) is 6.67. The predicted octanol–water partition coefficient (Wildman–Crippen LogP) is 2.52. The molecule has 2 aliphatic rings. The number of hydrogen-bond donors (Lipinski definition) is 0. The number of fused-ring (bicyclic) bond motifs is 1. The summed E-state index contributed by atoms with van der Waals surface area (Å²) in [5.74, 6) is 0.660. The van der Waals surface area contributed by atoms with Crippen LogP contribution in [0.3, 0.4) is 0 Å². The van der Waals surface area contributed by atoms with Crippen LogP contribution in [0.5, 0.6) is 0 Å². The van der Waals surface area contributed by atoms with Gasteiger partial charge in [0.15, 0.2) is 5.72 Å². The van der Waals surface area contributed by atoms with Crippen molar-refractivity contribution < 1.29 is 9.53 Å². The molecule has 0 N–H and O–H groups in total. The van der Waals surface area contributed by atoms with Gasteiger partial charge in [0.25, 0.3) is 0 Å². The maximum atomic E-state index is 12.2. The maximum Gasteiger partial charge on any atom is 0.225 e. The van der Waals surface area contributed by atoms with E-state index in [0.717, 1.165) is 12.0 Å². The van der Waals surface area contributed by atoms with Crippen molar-refractivity contribution in [1.29, 1.82) is 0 Å². The van der Waals surface area contributed by atoms with E-state index < -0.39 is 5.72 Å². The zero-order chi connectivity index (χ0) is 12.8. The van der Waals surface area contributed by atoms with E-state index in [-0.39, 0.29) is 11.9 Å². The van der Waals surface area contributed by atoms with Gasteiger partial charge in [0.05, 0.1) is 12.6 Å². The molecule has 0 saturated carbocycles. The van der Waals surface area contributed by atoms with Crippen LogP contribution < -0.4 is 0 Å². The van der Waals surface area contributed by atoms with E-state index in [1.165, 1.54) is 0 Å². The molecule has 0 radical (unpaired) electrons. The summed E-state index contributed by atoms with van der Waals surface area (Å²) in [5.41, 5.74) is 0.617. The first-order valence-corrected chi connectivity index (χ1v) is 6.67. The highest BCUT2D eigenvalue weighted by Crippen LogP contribution is 2.47. The Morgan fingerprint density at radius 2 is 2.06 bits per heavy atom. The van der Waals surface area contributed by atoms with Crippen LogP contribution in [-0.2, 0) is 15.3 Å². The van der Waals surface area contributed by atoms with Gasteiger partial charge < -0.3 is 9.64 Å². The highest BCUT2D eigenvalue weighted by Gasteiger charge is 2.55. The fourth-order valence-electron chi connectivity index (χ4n) is 3.17. The lowest BCUT2D eigenvalue weighted by Crippen LogP contribution is -2.45. The van der Waals surface area contributed by atoms with E-state index in [4.69, 9.17) is 4.74 Å². The smallest absolute Gasteiger partial charge is 0.225 e. The Kier molecular flexibility index (Phi) is 2.67. The maximum absolute atomic E-state index is 12.2. The molecule has 2 heterocycles. The average molecular weight is 245 g/mol. The van der Waals surface area contributed by atoms with E-state index in [1.807, 2.05) is 23.1 Å². The summed E-state index contributed by atoms with van der Waals surface area (Å²) in [6.45, 7) is 4.96. The number of rotatable bonds is 2. The third kappa shape index (κ3) is 1.50. The van der Waals surface area contributed by atoms with Crippen LogP contribution in [0, 0.1) is 5.92 Å². The first kappa shape index (κ1) is 11.7. The molecule has 2 saturated heterocycles. The quantitative estimate of drug-likeness (QED) is 0.801. The molecule has 2 aliphatic heterocycles. The lowest BCUT2D eigenvalue weighted by molar-refractivity contribution is -0.140. The Balaban J connectivity index is 2.04. The molecular weight excluding hydrogens is 226 g/mol. The average Bonchev–Trinajstić information content (AvgIpc) is 2.91. The van der Waals surface area contributed by atoms with Gasteiger partial charge in [0, 0.05) is 18.4 Å². The van der Waals surface area contributed by atoms with E-state index in [2.05, 4.69) is 26.0 Å². The number of benzene rings is 1. The molecule has 1 aromatic carbocycles. The SMILES string of the molecule is CC(C)C1COC2(c3ccccc3)CCC(=O)N12. The molecule has 1 amide bonds.